The monoisotopic (exact) mass is 179 g/mol. The van der Waals surface area contributed by atoms with E-state index in [1.165, 1.54) is 14.1 Å². The molecule has 0 unspecified atom stereocenters. The zero-order chi connectivity index (χ0) is 10.4. The van der Waals surface area contributed by atoms with Crippen molar-refractivity contribution in [2.24, 2.45) is 5.92 Å². The molecule has 0 aliphatic rings. The van der Waals surface area contributed by atoms with Gasteiger partial charge in [-0.15, -0.1) is 0 Å². The lowest BCUT2D eigenvalue weighted by Gasteiger charge is -2.08. The van der Waals surface area contributed by atoms with Crippen LogP contribution in [0.25, 0.3) is 0 Å². The maximum atomic E-state index is 11.0. The minimum Gasteiger partial charge on any atom is -0.342 e. The van der Waals surface area contributed by atoms with Gasteiger partial charge in [0.15, 0.2) is 0 Å². The van der Waals surface area contributed by atoms with E-state index in [1.54, 1.807) is 12.1 Å². The molecule has 0 bridgehead atoms. The molecule has 0 heterocycles. The molecule has 0 aliphatic heterocycles. The molecule has 1 amide bonds. The molecule has 68 valence electrons. The number of nitriles is 2. The molecule has 0 aromatic carbocycles. The van der Waals surface area contributed by atoms with Crippen molar-refractivity contribution < 1.29 is 9.59 Å². The van der Waals surface area contributed by atoms with Crippen molar-refractivity contribution in [1.82, 2.24) is 4.90 Å². The van der Waals surface area contributed by atoms with E-state index < -0.39 is 17.6 Å². The second-order valence-electron chi connectivity index (χ2n) is 2.64. The van der Waals surface area contributed by atoms with Gasteiger partial charge in [-0.05, 0) is 0 Å². The van der Waals surface area contributed by atoms with Crippen LogP contribution in [0.5, 0.6) is 0 Å². The Kier molecular flexibility index (Phi) is 4.18. The third kappa shape index (κ3) is 3.35. The topological polar surface area (TPSA) is 85.0 Å². The molecule has 0 N–H and O–H groups in total. The van der Waals surface area contributed by atoms with Gasteiger partial charge in [0.05, 0.1) is 12.1 Å². The summed E-state index contributed by atoms with van der Waals surface area (Å²) in [6, 6.07) is 3.25. The highest BCUT2D eigenvalue weighted by Crippen LogP contribution is 2.01. The number of rotatable bonds is 3. The van der Waals surface area contributed by atoms with E-state index in [9.17, 15) is 9.59 Å². The van der Waals surface area contributed by atoms with Gasteiger partial charge in [-0.1, -0.05) is 0 Å². The SMILES string of the molecule is CN(C)C(=O)C(=O)CC(C#N)C#N. The fourth-order valence-corrected chi connectivity index (χ4v) is 0.642. The fraction of sp³-hybridized carbons (Fsp3) is 0.500. The summed E-state index contributed by atoms with van der Waals surface area (Å²) < 4.78 is 0. The minimum atomic E-state index is -1.03. The molecule has 0 fully saturated rings. The normalized spacial score (nSPS) is 8.69. The summed E-state index contributed by atoms with van der Waals surface area (Å²) in [5.41, 5.74) is 0. The first-order chi connectivity index (χ1) is 6.02. The van der Waals surface area contributed by atoms with Crippen LogP contribution in [0.4, 0.5) is 0 Å². The summed E-state index contributed by atoms with van der Waals surface area (Å²) >= 11 is 0. The number of hydrogen-bond acceptors (Lipinski definition) is 4. The highest BCUT2D eigenvalue weighted by atomic mass is 16.2. The van der Waals surface area contributed by atoms with E-state index in [4.69, 9.17) is 10.5 Å². The van der Waals surface area contributed by atoms with Crippen molar-refractivity contribution in [3.63, 3.8) is 0 Å². The van der Waals surface area contributed by atoms with Crippen molar-refractivity contribution in [3.05, 3.63) is 0 Å². The number of nitrogens with zero attached hydrogens (tertiary/aromatic N) is 3. The Hall–Kier alpha value is -1.88. The van der Waals surface area contributed by atoms with Gasteiger partial charge < -0.3 is 4.90 Å². The fourth-order valence-electron chi connectivity index (χ4n) is 0.642. The van der Waals surface area contributed by atoms with Crippen LogP contribution in [-0.2, 0) is 9.59 Å². The van der Waals surface area contributed by atoms with Gasteiger partial charge in [-0.25, -0.2) is 0 Å². The highest BCUT2D eigenvalue weighted by molar-refractivity contribution is 6.36. The van der Waals surface area contributed by atoms with Gasteiger partial charge >= 0.3 is 0 Å². The average molecular weight is 179 g/mol. The number of hydrogen-bond donors (Lipinski definition) is 0. The van der Waals surface area contributed by atoms with E-state index in [-0.39, 0.29) is 6.42 Å². The van der Waals surface area contributed by atoms with Crippen LogP contribution in [-0.4, -0.2) is 30.7 Å². The van der Waals surface area contributed by atoms with Crippen molar-refractivity contribution in [2.45, 2.75) is 6.42 Å². The lowest BCUT2D eigenvalue weighted by molar-refractivity contribution is -0.143. The summed E-state index contributed by atoms with van der Waals surface area (Å²) in [7, 11) is 2.88. The maximum absolute atomic E-state index is 11.0. The Bertz CT molecular complexity index is 281. The van der Waals surface area contributed by atoms with Gasteiger partial charge in [0.2, 0.25) is 5.78 Å². The highest BCUT2D eigenvalue weighted by Gasteiger charge is 2.20. The van der Waals surface area contributed by atoms with Gasteiger partial charge in [0, 0.05) is 20.5 Å². The predicted molar refractivity (Wildman–Crippen MR) is 43.0 cm³/mol. The largest absolute Gasteiger partial charge is 0.342 e. The van der Waals surface area contributed by atoms with Crippen LogP contribution in [0.2, 0.25) is 0 Å². The molecular formula is C8H9N3O2. The van der Waals surface area contributed by atoms with Crippen LogP contribution in [0.15, 0.2) is 0 Å². The number of ketones is 1. The molecule has 13 heavy (non-hydrogen) atoms. The minimum absolute atomic E-state index is 0.329. The Labute approximate surface area is 76.2 Å². The number of carbonyl (C=O) groups excluding carboxylic acids is 2. The standard InChI is InChI=1S/C8H9N3O2/c1-11(2)8(13)7(12)3-6(4-9)5-10/h6H,3H2,1-2H3. The lowest BCUT2D eigenvalue weighted by Crippen LogP contribution is -2.30. The first-order valence-electron chi connectivity index (χ1n) is 3.56. The lowest BCUT2D eigenvalue weighted by atomic mass is 10.1. The molecule has 0 saturated heterocycles. The van der Waals surface area contributed by atoms with Gasteiger partial charge in [0.1, 0.15) is 5.92 Å². The van der Waals surface area contributed by atoms with E-state index in [2.05, 4.69) is 0 Å². The quantitative estimate of drug-likeness (QED) is 0.556. The van der Waals surface area contributed by atoms with Crippen LogP contribution in [0, 0.1) is 28.6 Å². The molecule has 0 atom stereocenters. The third-order valence-corrected chi connectivity index (χ3v) is 1.35. The number of amides is 1. The third-order valence-electron chi connectivity index (χ3n) is 1.35. The molecule has 5 heteroatoms. The van der Waals surface area contributed by atoms with Crippen LogP contribution in [0.3, 0.4) is 0 Å². The summed E-state index contributed by atoms with van der Waals surface area (Å²) in [4.78, 5) is 23.1. The number of Topliss-reactive ketones (excluding diaryl/α,β-unsaturated/α-hetero) is 1. The Balaban J connectivity index is 4.27. The molecule has 0 radical (unpaired) electrons. The first-order valence-corrected chi connectivity index (χ1v) is 3.56. The summed E-state index contributed by atoms with van der Waals surface area (Å²) in [6.45, 7) is 0. The molecule has 0 aromatic heterocycles. The van der Waals surface area contributed by atoms with E-state index in [0.29, 0.717) is 0 Å². The maximum Gasteiger partial charge on any atom is 0.289 e. The molecule has 0 aliphatic carbocycles. The predicted octanol–water partition coefficient (Wildman–Crippen LogP) is -0.303. The van der Waals surface area contributed by atoms with Crippen LogP contribution in [0.1, 0.15) is 6.42 Å². The average Bonchev–Trinajstić information content (AvgIpc) is 2.12. The number of likely N-dealkylation sites (N-methyl/N-ethyl adjacent to an activating group) is 1. The van der Waals surface area contributed by atoms with Gasteiger partial charge in [-0.2, -0.15) is 10.5 Å². The van der Waals surface area contributed by atoms with E-state index in [0.717, 1.165) is 4.90 Å². The molecule has 5 nitrogen and oxygen atoms in total. The molecule has 0 aromatic rings. The van der Waals surface area contributed by atoms with Crippen molar-refractivity contribution >= 4 is 11.7 Å². The smallest absolute Gasteiger partial charge is 0.289 e. The van der Waals surface area contributed by atoms with Crippen molar-refractivity contribution in [2.75, 3.05) is 14.1 Å². The molecule has 0 spiro atoms. The Morgan fingerprint density at radius 2 is 1.77 bits per heavy atom. The Morgan fingerprint density at radius 3 is 2.08 bits per heavy atom. The Morgan fingerprint density at radius 1 is 1.31 bits per heavy atom. The molecular weight excluding hydrogens is 170 g/mol. The zero-order valence-corrected chi connectivity index (χ0v) is 7.44. The van der Waals surface area contributed by atoms with Crippen LogP contribution < -0.4 is 0 Å². The molecule has 0 saturated carbocycles. The van der Waals surface area contributed by atoms with Crippen molar-refractivity contribution in [3.8, 4) is 12.1 Å². The number of carbonyl (C=O) groups is 2. The summed E-state index contributed by atoms with van der Waals surface area (Å²) in [6.07, 6.45) is -0.329. The van der Waals surface area contributed by atoms with Crippen LogP contribution >= 0.6 is 0 Å². The second-order valence-corrected chi connectivity index (χ2v) is 2.64. The summed E-state index contributed by atoms with van der Waals surface area (Å²) in [5, 5.41) is 16.7. The van der Waals surface area contributed by atoms with E-state index in [1.807, 2.05) is 0 Å². The summed E-state index contributed by atoms with van der Waals surface area (Å²) in [5.74, 6) is -2.43. The first kappa shape index (κ1) is 11.1. The molecule has 0 rings (SSSR count). The second kappa shape index (κ2) is 4.89. The van der Waals surface area contributed by atoms with Crippen molar-refractivity contribution in [1.29, 1.82) is 10.5 Å². The zero-order valence-electron chi connectivity index (χ0n) is 7.44. The van der Waals surface area contributed by atoms with Gasteiger partial charge in [0.25, 0.3) is 5.91 Å². The van der Waals surface area contributed by atoms with E-state index >= 15 is 0 Å². The van der Waals surface area contributed by atoms with Gasteiger partial charge in [-0.3, -0.25) is 9.59 Å².